The van der Waals surface area contributed by atoms with Gasteiger partial charge >= 0.3 is 0 Å². The average Bonchev–Trinajstić information content (AvgIpc) is 3.07. The van der Waals surface area contributed by atoms with E-state index in [1.54, 1.807) is 36.5 Å². The second kappa shape index (κ2) is 8.07. The van der Waals surface area contributed by atoms with Crippen LogP contribution in [0.25, 0.3) is 0 Å². The van der Waals surface area contributed by atoms with Crippen LogP contribution in [0, 0.1) is 0 Å². The van der Waals surface area contributed by atoms with E-state index < -0.39 is 11.9 Å². The third-order valence-electron chi connectivity index (χ3n) is 6.11. The van der Waals surface area contributed by atoms with Gasteiger partial charge in [0.25, 0.3) is 11.8 Å². The molecule has 9 heteroatoms. The first-order chi connectivity index (χ1) is 15.5. The van der Waals surface area contributed by atoms with Crippen molar-refractivity contribution in [3.8, 4) is 5.75 Å². The van der Waals surface area contributed by atoms with E-state index in [2.05, 4.69) is 15.6 Å². The van der Waals surface area contributed by atoms with E-state index >= 15 is 0 Å². The molecule has 1 saturated carbocycles. The summed E-state index contributed by atoms with van der Waals surface area (Å²) in [7, 11) is 0. The number of ether oxygens (including phenoxy) is 1. The van der Waals surface area contributed by atoms with Gasteiger partial charge < -0.3 is 15.0 Å². The zero-order valence-electron chi connectivity index (χ0n) is 17.3. The number of piperidine rings is 1. The quantitative estimate of drug-likeness (QED) is 0.696. The number of imide groups is 1. The molecule has 32 heavy (non-hydrogen) atoms. The SMILES string of the molecule is O=C1CCC(N2Cc3cc(C(=O)Nc4cc(OC5CCC5)ccn4)ccc3C2=O)C(=O)N1. The summed E-state index contributed by atoms with van der Waals surface area (Å²) < 4.78 is 5.85. The Labute approximate surface area is 184 Å². The number of nitrogens with zero attached hydrogens (tertiary/aromatic N) is 2. The molecule has 9 nitrogen and oxygen atoms in total. The second-order valence-electron chi connectivity index (χ2n) is 8.27. The summed E-state index contributed by atoms with van der Waals surface area (Å²) in [5, 5.41) is 5.05. The van der Waals surface area contributed by atoms with E-state index in [0.29, 0.717) is 34.7 Å². The molecule has 3 aliphatic rings. The summed E-state index contributed by atoms with van der Waals surface area (Å²) in [6.45, 7) is 0.213. The standard InChI is InChI=1S/C23H22N4O5/c28-20-7-6-18(22(30)26-20)27-12-14-10-13(4-5-17(14)23(27)31)21(29)25-19-11-16(8-9-24-19)32-15-2-1-3-15/h4-5,8-11,15,18H,1-3,6-7,12H2,(H,24,25,29)(H,26,28,30). The zero-order chi connectivity index (χ0) is 22.2. The van der Waals surface area contributed by atoms with Crippen molar-refractivity contribution in [3.05, 3.63) is 53.2 Å². The van der Waals surface area contributed by atoms with Crippen LogP contribution in [0.3, 0.4) is 0 Å². The monoisotopic (exact) mass is 434 g/mol. The predicted molar refractivity (Wildman–Crippen MR) is 113 cm³/mol. The third-order valence-corrected chi connectivity index (χ3v) is 6.11. The predicted octanol–water partition coefficient (Wildman–Crippen LogP) is 2.03. The van der Waals surface area contributed by atoms with E-state index in [4.69, 9.17) is 4.74 Å². The molecule has 1 aliphatic carbocycles. The minimum atomic E-state index is -0.688. The average molecular weight is 434 g/mol. The van der Waals surface area contributed by atoms with Crippen molar-refractivity contribution in [1.29, 1.82) is 0 Å². The van der Waals surface area contributed by atoms with Crippen LogP contribution >= 0.6 is 0 Å². The maximum atomic E-state index is 12.8. The normalized spacial score (nSPS) is 20.4. The Morgan fingerprint density at radius 1 is 1.12 bits per heavy atom. The molecule has 1 atom stereocenters. The summed E-state index contributed by atoms with van der Waals surface area (Å²) in [5.41, 5.74) is 1.51. The van der Waals surface area contributed by atoms with Gasteiger partial charge in [-0.05, 0) is 55.5 Å². The number of rotatable bonds is 5. The highest BCUT2D eigenvalue weighted by atomic mass is 16.5. The fourth-order valence-electron chi connectivity index (χ4n) is 4.14. The largest absolute Gasteiger partial charge is 0.490 e. The van der Waals surface area contributed by atoms with Gasteiger partial charge in [-0.15, -0.1) is 0 Å². The topological polar surface area (TPSA) is 118 Å². The van der Waals surface area contributed by atoms with Crippen LogP contribution in [0.5, 0.6) is 5.75 Å². The van der Waals surface area contributed by atoms with Crippen LogP contribution in [0.1, 0.15) is 58.4 Å². The molecule has 164 valence electrons. The molecule has 0 spiro atoms. The minimum Gasteiger partial charge on any atom is -0.490 e. The number of carbonyl (C=O) groups is 4. The highest BCUT2D eigenvalue weighted by Crippen LogP contribution is 2.29. The molecule has 2 fully saturated rings. The lowest BCUT2D eigenvalue weighted by atomic mass is 9.96. The highest BCUT2D eigenvalue weighted by molar-refractivity contribution is 6.07. The third kappa shape index (κ3) is 3.81. The summed E-state index contributed by atoms with van der Waals surface area (Å²) in [6.07, 6.45) is 5.54. The lowest BCUT2D eigenvalue weighted by molar-refractivity contribution is -0.136. The number of nitrogens with one attached hydrogen (secondary N) is 2. The van der Waals surface area contributed by atoms with Gasteiger partial charge in [0.2, 0.25) is 11.8 Å². The van der Waals surface area contributed by atoms with E-state index in [1.165, 1.54) is 11.3 Å². The minimum absolute atomic E-state index is 0.195. The van der Waals surface area contributed by atoms with Gasteiger partial charge in [-0.2, -0.15) is 0 Å². The first kappa shape index (κ1) is 20.2. The Morgan fingerprint density at radius 2 is 1.97 bits per heavy atom. The lowest BCUT2D eigenvalue weighted by Gasteiger charge is -2.29. The lowest BCUT2D eigenvalue weighted by Crippen LogP contribution is -2.52. The summed E-state index contributed by atoms with van der Waals surface area (Å²) in [6, 6.07) is 7.60. The van der Waals surface area contributed by atoms with Crippen molar-refractivity contribution in [2.45, 2.75) is 50.8 Å². The maximum absolute atomic E-state index is 12.8. The van der Waals surface area contributed by atoms with Gasteiger partial charge in [0, 0.05) is 36.4 Å². The Kier molecular flexibility index (Phi) is 5.08. The smallest absolute Gasteiger partial charge is 0.256 e. The number of amides is 4. The number of fused-ring (bicyclic) bond motifs is 1. The number of benzene rings is 1. The van der Waals surface area contributed by atoms with Crippen molar-refractivity contribution >= 4 is 29.4 Å². The zero-order valence-corrected chi connectivity index (χ0v) is 17.3. The van der Waals surface area contributed by atoms with E-state index in [9.17, 15) is 19.2 Å². The van der Waals surface area contributed by atoms with Crippen LogP contribution in [0.2, 0.25) is 0 Å². The van der Waals surface area contributed by atoms with Crippen molar-refractivity contribution in [2.75, 3.05) is 5.32 Å². The highest BCUT2D eigenvalue weighted by Gasteiger charge is 2.39. The van der Waals surface area contributed by atoms with Crippen molar-refractivity contribution in [3.63, 3.8) is 0 Å². The molecule has 1 saturated heterocycles. The fourth-order valence-corrected chi connectivity index (χ4v) is 4.14. The molecule has 5 rings (SSSR count). The van der Waals surface area contributed by atoms with Crippen molar-refractivity contribution in [1.82, 2.24) is 15.2 Å². The van der Waals surface area contributed by atoms with Crippen LogP contribution in [-0.4, -0.2) is 45.7 Å². The molecule has 1 unspecified atom stereocenters. The van der Waals surface area contributed by atoms with Crippen LogP contribution in [-0.2, 0) is 16.1 Å². The summed E-state index contributed by atoms with van der Waals surface area (Å²) in [4.78, 5) is 54.8. The van der Waals surface area contributed by atoms with Crippen LogP contribution in [0.15, 0.2) is 36.5 Å². The molecule has 1 aromatic heterocycles. The Bertz CT molecular complexity index is 1130. The number of carbonyl (C=O) groups excluding carboxylic acids is 4. The number of hydrogen-bond acceptors (Lipinski definition) is 6. The molecular formula is C23H22N4O5. The summed E-state index contributed by atoms with van der Waals surface area (Å²) in [5.74, 6) is -0.370. The number of pyridine rings is 1. The van der Waals surface area contributed by atoms with Gasteiger partial charge in [0.1, 0.15) is 17.6 Å². The van der Waals surface area contributed by atoms with Gasteiger partial charge in [0.15, 0.2) is 0 Å². The van der Waals surface area contributed by atoms with E-state index in [1.807, 2.05) is 0 Å². The molecule has 0 bridgehead atoms. The van der Waals surface area contributed by atoms with E-state index in [-0.39, 0.29) is 36.8 Å². The first-order valence-electron chi connectivity index (χ1n) is 10.7. The molecule has 2 aromatic rings. The molecular weight excluding hydrogens is 412 g/mol. The molecule has 2 N–H and O–H groups in total. The number of hydrogen-bond donors (Lipinski definition) is 2. The Morgan fingerprint density at radius 3 is 2.72 bits per heavy atom. The fraction of sp³-hybridized carbons (Fsp3) is 0.348. The molecule has 2 aliphatic heterocycles. The second-order valence-corrected chi connectivity index (χ2v) is 8.27. The molecule has 3 heterocycles. The van der Waals surface area contributed by atoms with Gasteiger partial charge in [0.05, 0.1) is 6.10 Å². The summed E-state index contributed by atoms with van der Waals surface area (Å²) >= 11 is 0. The molecule has 4 amide bonds. The molecule has 0 radical (unpaired) electrons. The van der Waals surface area contributed by atoms with Gasteiger partial charge in [-0.3, -0.25) is 24.5 Å². The van der Waals surface area contributed by atoms with Crippen LogP contribution < -0.4 is 15.4 Å². The van der Waals surface area contributed by atoms with Crippen molar-refractivity contribution in [2.24, 2.45) is 0 Å². The van der Waals surface area contributed by atoms with Gasteiger partial charge in [-0.1, -0.05) is 0 Å². The van der Waals surface area contributed by atoms with Crippen molar-refractivity contribution < 1.29 is 23.9 Å². The van der Waals surface area contributed by atoms with E-state index in [0.717, 1.165) is 12.8 Å². The first-order valence-corrected chi connectivity index (χ1v) is 10.7. The number of anilines is 1. The van der Waals surface area contributed by atoms with Crippen LogP contribution in [0.4, 0.5) is 5.82 Å². The Balaban J connectivity index is 1.28. The molecule has 1 aromatic carbocycles. The maximum Gasteiger partial charge on any atom is 0.256 e. The van der Waals surface area contributed by atoms with Gasteiger partial charge in [-0.25, -0.2) is 4.98 Å². The Hall–Kier alpha value is -3.75. The number of aromatic nitrogens is 1.